The summed E-state index contributed by atoms with van der Waals surface area (Å²) in [5.74, 6) is 0.589. The SMILES string of the molecule is Cc1cc(C)cc(OC(=O)c2nc(SCc3ccccc3C)ncc2Cl)c1. The summed E-state index contributed by atoms with van der Waals surface area (Å²) < 4.78 is 5.46. The molecule has 1 aromatic heterocycles. The van der Waals surface area contributed by atoms with Gasteiger partial charge in [0.25, 0.3) is 0 Å². The Labute approximate surface area is 168 Å². The lowest BCUT2D eigenvalue weighted by molar-refractivity contribution is 0.0727. The first kappa shape index (κ1) is 19.4. The van der Waals surface area contributed by atoms with Crippen molar-refractivity contribution in [1.82, 2.24) is 9.97 Å². The topological polar surface area (TPSA) is 52.1 Å². The molecule has 2 aromatic carbocycles. The van der Waals surface area contributed by atoms with Crippen LogP contribution < -0.4 is 4.74 Å². The van der Waals surface area contributed by atoms with E-state index in [-0.39, 0.29) is 10.7 Å². The second kappa shape index (κ2) is 8.55. The third-order valence-electron chi connectivity index (χ3n) is 3.94. The lowest BCUT2D eigenvalue weighted by Crippen LogP contribution is -2.12. The minimum absolute atomic E-state index is 0.0677. The molecule has 3 aromatic rings. The third kappa shape index (κ3) is 5.08. The molecule has 0 radical (unpaired) electrons. The van der Waals surface area contributed by atoms with Crippen LogP contribution in [0.4, 0.5) is 0 Å². The second-order valence-electron chi connectivity index (χ2n) is 6.28. The van der Waals surface area contributed by atoms with Gasteiger partial charge in [0.15, 0.2) is 10.9 Å². The van der Waals surface area contributed by atoms with Crippen molar-refractivity contribution in [3.05, 3.63) is 81.6 Å². The normalized spacial score (nSPS) is 10.7. The highest BCUT2D eigenvalue weighted by atomic mass is 35.5. The summed E-state index contributed by atoms with van der Waals surface area (Å²) >= 11 is 7.58. The minimum Gasteiger partial charge on any atom is -0.422 e. The molecule has 0 N–H and O–H groups in total. The number of benzene rings is 2. The number of rotatable bonds is 5. The van der Waals surface area contributed by atoms with Crippen molar-refractivity contribution < 1.29 is 9.53 Å². The summed E-state index contributed by atoms with van der Waals surface area (Å²) in [5, 5.41) is 0.652. The zero-order valence-electron chi connectivity index (χ0n) is 15.3. The van der Waals surface area contributed by atoms with Crippen LogP contribution in [0.2, 0.25) is 5.02 Å². The zero-order chi connectivity index (χ0) is 19.4. The molecule has 138 valence electrons. The number of aryl methyl sites for hydroxylation is 3. The highest BCUT2D eigenvalue weighted by molar-refractivity contribution is 7.98. The van der Waals surface area contributed by atoms with Gasteiger partial charge in [0.05, 0.1) is 11.2 Å². The number of thioether (sulfide) groups is 1. The fourth-order valence-corrected chi connectivity index (χ4v) is 3.68. The quantitative estimate of drug-likeness (QED) is 0.243. The molecule has 0 saturated heterocycles. The largest absolute Gasteiger partial charge is 0.422 e. The lowest BCUT2D eigenvalue weighted by Gasteiger charge is -2.08. The number of halogens is 1. The van der Waals surface area contributed by atoms with Crippen LogP contribution >= 0.6 is 23.4 Å². The van der Waals surface area contributed by atoms with Crippen molar-refractivity contribution in [1.29, 1.82) is 0 Å². The van der Waals surface area contributed by atoms with Crippen molar-refractivity contribution in [2.24, 2.45) is 0 Å². The van der Waals surface area contributed by atoms with E-state index < -0.39 is 5.97 Å². The van der Waals surface area contributed by atoms with Gasteiger partial charge in [-0.3, -0.25) is 0 Å². The molecule has 0 bridgehead atoms. The predicted octanol–water partition coefficient (Wildman–Crippen LogP) is 5.57. The molecule has 3 rings (SSSR count). The molecule has 0 unspecified atom stereocenters. The summed E-state index contributed by atoms with van der Waals surface area (Å²) in [6, 6.07) is 13.7. The maximum atomic E-state index is 12.5. The van der Waals surface area contributed by atoms with Crippen LogP contribution in [0.15, 0.2) is 53.8 Å². The molecule has 0 fully saturated rings. The Bertz CT molecular complexity index is 971. The summed E-state index contributed by atoms with van der Waals surface area (Å²) in [6.45, 7) is 5.95. The third-order valence-corrected chi connectivity index (χ3v) is 5.13. The van der Waals surface area contributed by atoms with Gasteiger partial charge in [-0.25, -0.2) is 14.8 Å². The summed E-state index contributed by atoms with van der Waals surface area (Å²) in [4.78, 5) is 21.0. The van der Waals surface area contributed by atoms with Crippen LogP contribution in [0, 0.1) is 20.8 Å². The minimum atomic E-state index is -0.592. The number of aromatic nitrogens is 2. The van der Waals surface area contributed by atoms with Crippen molar-refractivity contribution in [2.45, 2.75) is 31.7 Å². The van der Waals surface area contributed by atoms with E-state index in [1.165, 1.54) is 29.1 Å². The van der Waals surface area contributed by atoms with Crippen molar-refractivity contribution in [3.63, 3.8) is 0 Å². The van der Waals surface area contributed by atoms with E-state index in [9.17, 15) is 4.79 Å². The van der Waals surface area contributed by atoms with Crippen LogP contribution in [0.1, 0.15) is 32.7 Å². The van der Waals surface area contributed by atoms with E-state index >= 15 is 0 Å². The van der Waals surface area contributed by atoms with Crippen LogP contribution in [0.3, 0.4) is 0 Å². The van der Waals surface area contributed by atoms with Crippen molar-refractivity contribution in [3.8, 4) is 5.75 Å². The number of nitrogens with zero attached hydrogens (tertiary/aromatic N) is 2. The number of carbonyl (C=O) groups excluding carboxylic acids is 1. The average Bonchev–Trinajstić information content (AvgIpc) is 2.61. The summed E-state index contributed by atoms with van der Waals surface area (Å²) in [6.07, 6.45) is 1.44. The molecule has 6 heteroatoms. The molecule has 0 aliphatic heterocycles. The molecule has 0 saturated carbocycles. The van der Waals surface area contributed by atoms with Gasteiger partial charge < -0.3 is 4.74 Å². The molecule has 0 aliphatic carbocycles. The van der Waals surface area contributed by atoms with Gasteiger partial charge in [0.1, 0.15) is 5.75 Å². The Balaban J connectivity index is 1.76. The van der Waals surface area contributed by atoms with E-state index in [4.69, 9.17) is 16.3 Å². The van der Waals surface area contributed by atoms with E-state index in [0.29, 0.717) is 16.7 Å². The Morgan fingerprint density at radius 1 is 1.11 bits per heavy atom. The summed E-state index contributed by atoms with van der Waals surface area (Å²) in [7, 11) is 0. The van der Waals surface area contributed by atoms with E-state index in [2.05, 4.69) is 29.0 Å². The Hall–Kier alpha value is -2.37. The van der Waals surface area contributed by atoms with Gasteiger partial charge in [-0.15, -0.1) is 0 Å². The highest BCUT2D eigenvalue weighted by Crippen LogP contribution is 2.24. The van der Waals surface area contributed by atoms with Gasteiger partial charge in [-0.2, -0.15) is 0 Å². The molecule has 0 spiro atoms. The molecule has 4 nitrogen and oxygen atoms in total. The molecule has 27 heavy (non-hydrogen) atoms. The van der Waals surface area contributed by atoms with E-state index in [1.54, 1.807) is 12.1 Å². The first-order valence-electron chi connectivity index (χ1n) is 8.42. The molecular weight excluding hydrogens is 380 g/mol. The van der Waals surface area contributed by atoms with Crippen molar-refractivity contribution in [2.75, 3.05) is 0 Å². The summed E-state index contributed by atoms with van der Waals surface area (Å²) in [5.41, 5.74) is 4.49. The number of carbonyl (C=O) groups is 1. The molecule has 1 heterocycles. The van der Waals surface area contributed by atoms with Gasteiger partial charge >= 0.3 is 5.97 Å². The van der Waals surface area contributed by atoms with Gasteiger partial charge in [0.2, 0.25) is 0 Å². The Kier molecular flexibility index (Phi) is 6.14. The van der Waals surface area contributed by atoms with Gasteiger partial charge in [-0.1, -0.05) is 53.7 Å². The van der Waals surface area contributed by atoms with Crippen LogP contribution in [0.25, 0.3) is 0 Å². The maximum Gasteiger partial charge on any atom is 0.364 e. The van der Waals surface area contributed by atoms with Gasteiger partial charge in [0, 0.05) is 5.75 Å². The fourth-order valence-electron chi connectivity index (χ4n) is 2.63. The van der Waals surface area contributed by atoms with E-state index in [0.717, 1.165) is 11.1 Å². The Morgan fingerprint density at radius 2 is 1.81 bits per heavy atom. The number of ether oxygens (including phenoxy) is 1. The van der Waals surface area contributed by atoms with Gasteiger partial charge in [-0.05, 0) is 55.2 Å². The Morgan fingerprint density at radius 3 is 2.52 bits per heavy atom. The van der Waals surface area contributed by atoms with Crippen LogP contribution in [0.5, 0.6) is 5.75 Å². The smallest absolute Gasteiger partial charge is 0.364 e. The monoisotopic (exact) mass is 398 g/mol. The standard InChI is InChI=1S/C21H19ClN2O2S/c1-13-8-14(2)10-17(9-13)26-20(25)19-18(22)11-23-21(24-19)27-12-16-7-5-4-6-15(16)3/h4-11H,12H2,1-3H3. The number of esters is 1. The molecule has 0 atom stereocenters. The zero-order valence-corrected chi connectivity index (χ0v) is 16.9. The van der Waals surface area contributed by atoms with Crippen LogP contribution in [-0.4, -0.2) is 15.9 Å². The number of hydrogen-bond acceptors (Lipinski definition) is 5. The number of hydrogen-bond donors (Lipinski definition) is 0. The molecule has 0 amide bonds. The van der Waals surface area contributed by atoms with Crippen molar-refractivity contribution >= 4 is 29.3 Å². The average molecular weight is 399 g/mol. The second-order valence-corrected chi connectivity index (χ2v) is 7.63. The highest BCUT2D eigenvalue weighted by Gasteiger charge is 2.17. The van der Waals surface area contributed by atoms with E-state index in [1.807, 2.05) is 32.0 Å². The molecular formula is C21H19ClN2O2S. The molecule has 0 aliphatic rings. The first-order valence-corrected chi connectivity index (χ1v) is 9.79. The van der Waals surface area contributed by atoms with Crippen LogP contribution in [-0.2, 0) is 5.75 Å². The fraction of sp³-hybridized carbons (Fsp3) is 0.190. The maximum absolute atomic E-state index is 12.5. The first-order chi connectivity index (χ1) is 12.9. The predicted molar refractivity (Wildman–Crippen MR) is 109 cm³/mol. The lowest BCUT2D eigenvalue weighted by atomic mass is 10.1.